The molecule has 0 aliphatic rings. The van der Waals surface area contributed by atoms with Crippen molar-refractivity contribution < 1.29 is 36.6 Å². The molecule has 0 fully saturated rings. The van der Waals surface area contributed by atoms with Crippen LogP contribution in [0.25, 0.3) is 56.4 Å². The van der Waals surface area contributed by atoms with Crippen molar-refractivity contribution in [2.75, 3.05) is 25.7 Å². The molecule has 3 N–H and O–H groups in total. The highest BCUT2D eigenvalue weighted by molar-refractivity contribution is 7.91. The van der Waals surface area contributed by atoms with Gasteiger partial charge in [-0.1, -0.05) is 118 Å². The lowest BCUT2D eigenvalue weighted by molar-refractivity contribution is 0.0690. The number of amides is 1. The number of aliphatic hydroxyl groups is 1. The molecule has 8 aromatic rings. The number of hydrogen-bond donors (Lipinski definition) is 3. The number of aromatic carboxylic acids is 1. The molecule has 69 heavy (non-hydrogen) atoms. The number of nitrogens with one attached hydrogen (secondary N) is 1. The van der Waals surface area contributed by atoms with E-state index in [0.717, 1.165) is 12.5 Å². The van der Waals surface area contributed by atoms with E-state index >= 15 is 0 Å². The minimum atomic E-state index is -3.38. The Bertz CT molecular complexity index is 3510. The molecule has 0 unspecified atom stereocenters. The Hall–Kier alpha value is -5.72. The van der Waals surface area contributed by atoms with Crippen LogP contribution >= 0.6 is 69.6 Å². The maximum Gasteiger partial charge on any atom is 0.356 e. The number of benzene rings is 6. The average molecular weight is 1090 g/mol. The lowest BCUT2D eigenvalue weighted by Crippen LogP contribution is -2.26. The Morgan fingerprint density at radius 1 is 0.536 bits per heavy atom. The molecule has 0 bridgehead atoms. The molecule has 2 heterocycles. The zero-order valence-electron chi connectivity index (χ0n) is 35.8. The predicted molar refractivity (Wildman–Crippen MR) is 272 cm³/mol. The molecule has 0 radical (unpaired) electrons. The minimum absolute atomic E-state index is 0.0654. The summed E-state index contributed by atoms with van der Waals surface area (Å²) in [5.41, 5.74) is 4.34. The summed E-state index contributed by atoms with van der Waals surface area (Å²) in [5, 5.41) is 23.0. The van der Waals surface area contributed by atoms with E-state index in [1.165, 1.54) is 29.1 Å². The molecule has 1 amide bonds. The number of rotatable bonds is 12. The summed E-state index contributed by atoms with van der Waals surface area (Å²) in [5.74, 6) is -1.19. The maximum atomic E-state index is 12.6. The normalized spacial score (nSPS) is 11.5. The molecule has 8 rings (SSSR count). The predicted octanol–water partition coefficient (Wildman–Crippen LogP) is 11.6. The van der Waals surface area contributed by atoms with Crippen LogP contribution in [0.2, 0.25) is 30.1 Å². The second-order valence-corrected chi connectivity index (χ2v) is 21.5. The summed E-state index contributed by atoms with van der Waals surface area (Å²) >= 11 is 38.8. The third kappa shape index (κ3) is 11.5. The number of carboxylic acid groups (broad SMARTS) is 1. The van der Waals surface area contributed by atoms with Crippen LogP contribution in [0.15, 0.2) is 144 Å². The molecule has 6 aromatic carbocycles. The van der Waals surface area contributed by atoms with Crippen molar-refractivity contribution in [1.29, 1.82) is 0 Å². The quantitative estimate of drug-likeness (QED) is 0.106. The van der Waals surface area contributed by atoms with Gasteiger partial charge >= 0.3 is 5.97 Å². The highest BCUT2D eigenvalue weighted by atomic mass is 35.5. The van der Waals surface area contributed by atoms with Crippen LogP contribution < -0.4 is 5.32 Å². The minimum Gasteiger partial charge on any atom is -0.476 e. The maximum absolute atomic E-state index is 12.6. The molecule has 0 aliphatic carbocycles. The fourth-order valence-corrected chi connectivity index (χ4v) is 9.96. The number of nitrogens with zero attached hydrogens (tertiary/aromatic N) is 4. The van der Waals surface area contributed by atoms with Crippen molar-refractivity contribution in [3.63, 3.8) is 0 Å². The summed E-state index contributed by atoms with van der Waals surface area (Å²) in [7, 11) is -6.75. The topological polar surface area (TPSA) is 191 Å². The first-order valence-electron chi connectivity index (χ1n) is 20.1. The van der Waals surface area contributed by atoms with Crippen molar-refractivity contribution in [2.45, 2.75) is 9.79 Å². The smallest absolute Gasteiger partial charge is 0.356 e. The molecule has 354 valence electrons. The second kappa shape index (κ2) is 21.1. The molecule has 21 heteroatoms. The molecular weight excluding hydrogens is 1050 g/mol. The molecule has 0 saturated carbocycles. The van der Waals surface area contributed by atoms with Gasteiger partial charge in [-0.15, -0.1) is 0 Å². The molecule has 13 nitrogen and oxygen atoms in total. The van der Waals surface area contributed by atoms with Gasteiger partial charge in [0.1, 0.15) is 17.3 Å². The molecule has 0 atom stereocenters. The molecular formula is C48H35Cl6N5O8S2. The van der Waals surface area contributed by atoms with E-state index in [9.17, 15) is 31.5 Å². The summed E-state index contributed by atoms with van der Waals surface area (Å²) < 4.78 is 50.9. The fraction of sp³-hybridized carbons (Fsp3) is 0.0833. The first kappa shape index (κ1) is 51.1. The Labute approximate surface area is 426 Å². The Morgan fingerprint density at radius 2 is 0.913 bits per heavy atom. The van der Waals surface area contributed by atoms with Crippen molar-refractivity contribution in [1.82, 2.24) is 24.4 Å². The number of hydrogen-bond acceptors (Lipinski definition) is 9. The van der Waals surface area contributed by atoms with Crippen molar-refractivity contribution in [2.24, 2.45) is 0 Å². The van der Waals surface area contributed by atoms with Gasteiger partial charge in [0.2, 0.25) is 0 Å². The van der Waals surface area contributed by atoms with E-state index in [1.807, 2.05) is 0 Å². The average Bonchev–Trinajstić information content (AvgIpc) is 3.94. The number of aliphatic hydroxyl groups excluding tert-OH is 1. The number of carboxylic acids is 1. The SMILES string of the molecule is CS(=O)(=O)c1cccc(-c2ccc(-n3cc(C(=O)NCCO)nc3-c3c(Cl)cccc3Cl)c(Cl)c2)c1.CS(=O)(=O)c1cccc(-c2ccc(-n3cc(C(=O)O)nc3-c3c(Cl)cccc3Cl)c(Cl)c2)c1. The number of carbonyl (C=O) groups excluding carboxylic acids is 1. The van der Waals surface area contributed by atoms with Crippen LogP contribution in [0, 0.1) is 0 Å². The Balaban J connectivity index is 0.000000205. The van der Waals surface area contributed by atoms with Crippen LogP contribution in [0.1, 0.15) is 21.0 Å². The lowest BCUT2D eigenvalue weighted by Gasteiger charge is -2.13. The Kier molecular flexibility index (Phi) is 15.6. The van der Waals surface area contributed by atoms with Gasteiger partial charge < -0.3 is 15.5 Å². The van der Waals surface area contributed by atoms with Gasteiger partial charge in [-0.05, 0) is 95.1 Å². The van der Waals surface area contributed by atoms with E-state index in [0.29, 0.717) is 75.7 Å². The summed E-state index contributed by atoms with van der Waals surface area (Å²) in [6.07, 6.45) is 5.13. The van der Waals surface area contributed by atoms with Gasteiger partial charge in [-0.3, -0.25) is 13.9 Å². The van der Waals surface area contributed by atoms with E-state index in [1.54, 1.807) is 114 Å². The zero-order chi connectivity index (χ0) is 49.9. The fourth-order valence-electron chi connectivity index (χ4n) is 6.95. The molecule has 0 spiro atoms. The summed E-state index contributed by atoms with van der Waals surface area (Å²) in [6, 6.07) is 33.3. The second-order valence-electron chi connectivity index (χ2n) is 15.0. The van der Waals surface area contributed by atoms with Crippen LogP contribution in [0.5, 0.6) is 0 Å². The number of imidazole rings is 2. The standard InChI is InChI=1S/C25H20Cl3N3O4S.C23H15Cl3N2O4S/c1-36(34,35)17-5-2-4-15(12-17)16-8-9-22(20(28)13-16)31-14-21(25(33)29-10-11-32)30-24(31)23-18(26)6-3-7-19(23)27;1-33(31,32)15-5-2-4-13(10-15)14-8-9-20(18(26)11-14)28-12-19(23(29)30)27-22(28)21-16(24)6-3-7-17(21)25/h2-9,12-14,32H,10-11H2,1H3,(H,29,33);2-12H,1H3,(H,29,30). The highest BCUT2D eigenvalue weighted by Crippen LogP contribution is 2.40. The van der Waals surface area contributed by atoms with Gasteiger partial charge in [0.15, 0.2) is 25.4 Å². The first-order chi connectivity index (χ1) is 32.7. The zero-order valence-corrected chi connectivity index (χ0v) is 42.0. The van der Waals surface area contributed by atoms with E-state index in [-0.39, 0.29) is 45.2 Å². The van der Waals surface area contributed by atoms with Crippen LogP contribution in [0.4, 0.5) is 0 Å². The third-order valence-electron chi connectivity index (χ3n) is 10.2. The molecule has 0 saturated heterocycles. The van der Waals surface area contributed by atoms with E-state index in [4.69, 9.17) is 74.7 Å². The van der Waals surface area contributed by atoms with Gasteiger partial charge in [-0.25, -0.2) is 31.6 Å². The van der Waals surface area contributed by atoms with Crippen LogP contribution in [-0.4, -0.2) is 83.7 Å². The number of carbonyl (C=O) groups is 2. The van der Waals surface area contributed by atoms with Crippen molar-refractivity contribution in [3.8, 4) is 56.4 Å². The summed E-state index contributed by atoms with van der Waals surface area (Å²) in [6.45, 7) is -0.153. The molecule has 2 aromatic heterocycles. The number of halogens is 6. The number of aromatic nitrogens is 4. The van der Waals surface area contributed by atoms with E-state index < -0.39 is 31.6 Å². The Morgan fingerprint density at radius 3 is 1.29 bits per heavy atom. The lowest BCUT2D eigenvalue weighted by atomic mass is 10.1. The number of sulfone groups is 2. The highest BCUT2D eigenvalue weighted by Gasteiger charge is 2.24. The first-order valence-corrected chi connectivity index (χ1v) is 26.1. The van der Waals surface area contributed by atoms with Gasteiger partial charge in [0.05, 0.1) is 69.0 Å². The third-order valence-corrected chi connectivity index (χ3v) is 14.3. The van der Waals surface area contributed by atoms with Gasteiger partial charge in [-0.2, -0.15) is 0 Å². The summed E-state index contributed by atoms with van der Waals surface area (Å²) in [4.78, 5) is 33.3. The van der Waals surface area contributed by atoms with E-state index in [2.05, 4.69) is 15.3 Å². The van der Waals surface area contributed by atoms with Gasteiger partial charge in [0, 0.05) is 31.4 Å². The van der Waals surface area contributed by atoms with Crippen molar-refractivity contribution >= 4 is 101 Å². The van der Waals surface area contributed by atoms with Crippen molar-refractivity contribution in [3.05, 3.63) is 175 Å². The monoisotopic (exact) mass is 1080 g/mol. The van der Waals surface area contributed by atoms with Gasteiger partial charge in [0.25, 0.3) is 5.91 Å². The van der Waals surface area contributed by atoms with Crippen LogP contribution in [-0.2, 0) is 19.7 Å². The van der Waals surface area contributed by atoms with Crippen LogP contribution in [0.3, 0.4) is 0 Å². The molecule has 0 aliphatic heterocycles. The largest absolute Gasteiger partial charge is 0.476 e.